The molecule has 2 rings (SSSR count). The number of guanidine groups is 1. The number of nitrogens with one attached hydrogen (secondary N) is 2. The van der Waals surface area contributed by atoms with Crippen molar-refractivity contribution in [3.63, 3.8) is 0 Å². The Bertz CT molecular complexity index is 499. The van der Waals surface area contributed by atoms with Gasteiger partial charge >= 0.3 is 0 Å². The summed E-state index contributed by atoms with van der Waals surface area (Å²) in [7, 11) is 3.70. The minimum atomic E-state index is 0.0662. The van der Waals surface area contributed by atoms with Gasteiger partial charge in [0, 0.05) is 58.9 Å². The van der Waals surface area contributed by atoms with Crippen LogP contribution in [0.4, 0.5) is 0 Å². The fraction of sp³-hybridized carbons (Fsp3) is 0.905. The number of nitrogens with zero attached hydrogens (tertiary/aromatic N) is 4. The van der Waals surface area contributed by atoms with E-state index in [1.54, 1.807) is 4.90 Å². The molecule has 28 heavy (non-hydrogen) atoms. The summed E-state index contributed by atoms with van der Waals surface area (Å²) in [4.78, 5) is 23.7. The zero-order valence-electron chi connectivity index (χ0n) is 18.7. The fourth-order valence-corrected chi connectivity index (χ4v) is 4.21. The summed E-state index contributed by atoms with van der Waals surface area (Å²) >= 11 is 0. The Morgan fingerprint density at radius 1 is 1.18 bits per heavy atom. The Balaban J connectivity index is 1.76. The minimum Gasteiger partial charge on any atom is -0.357 e. The van der Waals surface area contributed by atoms with Crippen LogP contribution in [0.3, 0.4) is 0 Å². The molecule has 0 aromatic rings. The summed E-state index contributed by atoms with van der Waals surface area (Å²) in [5, 5.41) is 7.01. The highest BCUT2D eigenvalue weighted by Gasteiger charge is 2.31. The van der Waals surface area contributed by atoms with E-state index in [9.17, 15) is 4.79 Å². The summed E-state index contributed by atoms with van der Waals surface area (Å²) in [6.45, 7) is 12.6. The van der Waals surface area contributed by atoms with Crippen LogP contribution in [-0.4, -0.2) is 98.1 Å². The number of hydrogen-bond acceptors (Lipinski definition) is 4. The molecule has 0 saturated carbocycles. The normalized spacial score (nSPS) is 22.6. The lowest BCUT2D eigenvalue weighted by Gasteiger charge is -2.35. The molecule has 1 amide bonds. The molecule has 0 aromatic heterocycles. The largest absolute Gasteiger partial charge is 0.357 e. The molecule has 2 N–H and O–H groups in total. The fourth-order valence-electron chi connectivity index (χ4n) is 4.21. The third kappa shape index (κ3) is 6.92. The average molecular weight is 395 g/mol. The third-order valence-corrected chi connectivity index (χ3v) is 5.91. The van der Waals surface area contributed by atoms with Crippen molar-refractivity contribution in [3.8, 4) is 0 Å². The van der Waals surface area contributed by atoms with E-state index in [4.69, 9.17) is 4.99 Å². The van der Waals surface area contributed by atoms with Gasteiger partial charge in [0.15, 0.2) is 5.96 Å². The SMILES string of the molecule is CCNC(=NCCCN1CCCC1C(=O)N(C)C)NC1CCN(C(C)C)CC1. The standard InChI is InChI=1S/C21H42N6O/c1-6-22-21(24-18-10-15-26(16-11-18)17(2)3)23-12-8-14-27-13-7-9-19(27)20(28)25(4)5/h17-19H,6-16H2,1-5H3,(H2,22,23,24). The van der Waals surface area contributed by atoms with E-state index in [1.165, 1.54) is 12.8 Å². The predicted molar refractivity (Wildman–Crippen MR) is 117 cm³/mol. The number of piperidine rings is 1. The van der Waals surface area contributed by atoms with Gasteiger partial charge < -0.3 is 20.4 Å². The van der Waals surface area contributed by atoms with Crippen molar-refractivity contribution in [2.24, 2.45) is 4.99 Å². The smallest absolute Gasteiger partial charge is 0.239 e. The lowest BCUT2D eigenvalue weighted by Crippen LogP contribution is -2.50. The van der Waals surface area contributed by atoms with E-state index < -0.39 is 0 Å². The summed E-state index contributed by atoms with van der Waals surface area (Å²) in [5.74, 6) is 1.18. The molecule has 2 heterocycles. The van der Waals surface area contributed by atoms with Crippen molar-refractivity contribution in [1.82, 2.24) is 25.3 Å². The van der Waals surface area contributed by atoms with Crippen LogP contribution in [0.2, 0.25) is 0 Å². The van der Waals surface area contributed by atoms with Crippen molar-refractivity contribution in [3.05, 3.63) is 0 Å². The molecule has 1 atom stereocenters. The van der Waals surface area contributed by atoms with Crippen LogP contribution < -0.4 is 10.6 Å². The third-order valence-electron chi connectivity index (χ3n) is 5.91. The summed E-state index contributed by atoms with van der Waals surface area (Å²) in [6.07, 6.45) is 5.43. The van der Waals surface area contributed by atoms with Gasteiger partial charge in [-0.3, -0.25) is 14.7 Å². The molecule has 0 radical (unpaired) electrons. The van der Waals surface area contributed by atoms with E-state index in [1.807, 2.05) is 14.1 Å². The van der Waals surface area contributed by atoms with Crippen LogP contribution in [0.5, 0.6) is 0 Å². The van der Waals surface area contributed by atoms with Crippen LogP contribution in [-0.2, 0) is 4.79 Å². The van der Waals surface area contributed by atoms with Crippen LogP contribution in [0.15, 0.2) is 4.99 Å². The predicted octanol–water partition coefficient (Wildman–Crippen LogP) is 1.36. The Morgan fingerprint density at radius 3 is 2.50 bits per heavy atom. The lowest BCUT2D eigenvalue weighted by molar-refractivity contribution is -0.133. The Kier molecular flexibility index (Phi) is 9.51. The number of carbonyl (C=O) groups excluding carboxylic acids is 1. The van der Waals surface area contributed by atoms with Gasteiger partial charge in [-0.15, -0.1) is 0 Å². The number of likely N-dealkylation sites (N-methyl/N-ethyl adjacent to an activating group) is 1. The van der Waals surface area contributed by atoms with Crippen molar-refractivity contribution >= 4 is 11.9 Å². The highest BCUT2D eigenvalue weighted by molar-refractivity contribution is 5.81. The van der Waals surface area contributed by atoms with E-state index >= 15 is 0 Å². The molecule has 0 spiro atoms. The van der Waals surface area contributed by atoms with Gasteiger partial charge in [0.2, 0.25) is 5.91 Å². The molecule has 2 saturated heterocycles. The quantitative estimate of drug-likeness (QED) is 0.370. The maximum Gasteiger partial charge on any atom is 0.239 e. The van der Waals surface area contributed by atoms with Gasteiger partial charge in [0.1, 0.15) is 0 Å². The molecule has 7 heteroatoms. The first-order chi connectivity index (χ1) is 13.4. The monoisotopic (exact) mass is 394 g/mol. The molecular formula is C21H42N6O. The van der Waals surface area contributed by atoms with Crippen LogP contribution >= 0.6 is 0 Å². The van der Waals surface area contributed by atoms with Gasteiger partial charge in [-0.1, -0.05) is 0 Å². The molecule has 1 unspecified atom stereocenters. The van der Waals surface area contributed by atoms with Crippen molar-refractivity contribution < 1.29 is 4.79 Å². The first-order valence-electron chi connectivity index (χ1n) is 11.2. The molecule has 2 fully saturated rings. The maximum atomic E-state index is 12.3. The first-order valence-corrected chi connectivity index (χ1v) is 11.2. The second kappa shape index (κ2) is 11.6. The van der Waals surface area contributed by atoms with Gasteiger partial charge in [-0.2, -0.15) is 0 Å². The molecule has 2 aliphatic heterocycles. The molecule has 0 aliphatic carbocycles. The molecule has 162 valence electrons. The number of likely N-dealkylation sites (tertiary alicyclic amines) is 2. The molecular weight excluding hydrogens is 352 g/mol. The first kappa shape index (κ1) is 22.9. The number of rotatable bonds is 8. The molecule has 7 nitrogen and oxygen atoms in total. The Hall–Kier alpha value is -1.34. The highest BCUT2D eigenvalue weighted by atomic mass is 16.2. The summed E-state index contributed by atoms with van der Waals surface area (Å²) < 4.78 is 0. The second-order valence-electron chi connectivity index (χ2n) is 8.59. The number of amides is 1. The molecule has 0 aromatic carbocycles. The summed E-state index contributed by atoms with van der Waals surface area (Å²) in [6, 6.07) is 1.21. The number of carbonyl (C=O) groups is 1. The Labute approximate surface area is 171 Å². The zero-order valence-corrected chi connectivity index (χ0v) is 18.7. The number of aliphatic imine (C=N–C) groups is 1. The Morgan fingerprint density at radius 2 is 1.89 bits per heavy atom. The van der Waals surface area contributed by atoms with Gasteiger partial charge in [-0.25, -0.2) is 0 Å². The van der Waals surface area contributed by atoms with Crippen molar-refractivity contribution in [2.75, 3.05) is 53.4 Å². The average Bonchev–Trinajstić information content (AvgIpc) is 3.13. The van der Waals surface area contributed by atoms with Gasteiger partial charge in [0.05, 0.1) is 6.04 Å². The molecule has 0 bridgehead atoms. The topological polar surface area (TPSA) is 63.2 Å². The van der Waals surface area contributed by atoms with Crippen molar-refractivity contribution in [2.45, 2.75) is 71.0 Å². The van der Waals surface area contributed by atoms with Crippen LogP contribution in [0.1, 0.15) is 52.9 Å². The second-order valence-corrected chi connectivity index (χ2v) is 8.59. The van der Waals surface area contributed by atoms with E-state index in [2.05, 4.69) is 41.2 Å². The highest BCUT2D eigenvalue weighted by Crippen LogP contribution is 2.19. The van der Waals surface area contributed by atoms with Crippen molar-refractivity contribution in [1.29, 1.82) is 0 Å². The van der Waals surface area contributed by atoms with Crippen LogP contribution in [0.25, 0.3) is 0 Å². The maximum absolute atomic E-state index is 12.3. The zero-order chi connectivity index (χ0) is 20.5. The van der Waals surface area contributed by atoms with E-state index in [0.29, 0.717) is 12.1 Å². The van der Waals surface area contributed by atoms with E-state index in [0.717, 1.165) is 64.5 Å². The number of hydrogen-bond donors (Lipinski definition) is 2. The van der Waals surface area contributed by atoms with Crippen LogP contribution in [0, 0.1) is 0 Å². The molecule has 2 aliphatic rings. The summed E-state index contributed by atoms with van der Waals surface area (Å²) in [5.41, 5.74) is 0. The van der Waals surface area contributed by atoms with E-state index in [-0.39, 0.29) is 11.9 Å². The van der Waals surface area contributed by atoms with Gasteiger partial charge in [-0.05, 0) is 59.4 Å². The lowest BCUT2D eigenvalue weighted by atomic mass is 10.0. The minimum absolute atomic E-state index is 0.0662. The van der Waals surface area contributed by atoms with Gasteiger partial charge in [0.25, 0.3) is 0 Å².